The first-order valence-corrected chi connectivity index (χ1v) is 13.0. The molecule has 0 spiro atoms. The van der Waals surface area contributed by atoms with Gasteiger partial charge in [-0.15, -0.1) is 0 Å². The molecule has 0 fully saturated rings. The number of hydrogen-bond donors (Lipinski definition) is 1. The summed E-state index contributed by atoms with van der Waals surface area (Å²) in [5.41, 5.74) is 2.96. The van der Waals surface area contributed by atoms with Crippen LogP contribution in [0.15, 0.2) is 42.5 Å². The Hall–Kier alpha value is -2.49. The molecule has 3 rings (SSSR count). The van der Waals surface area contributed by atoms with Gasteiger partial charge >= 0.3 is 0 Å². The summed E-state index contributed by atoms with van der Waals surface area (Å²) in [7, 11) is 0. The molecule has 0 saturated carbocycles. The van der Waals surface area contributed by atoms with Crippen LogP contribution < -0.4 is 9.47 Å². The number of unbranched alkanes of at least 4 members (excludes halogenated alkanes) is 2. The van der Waals surface area contributed by atoms with Crippen LogP contribution in [0.5, 0.6) is 11.5 Å². The van der Waals surface area contributed by atoms with Gasteiger partial charge in [-0.2, -0.15) is 0 Å². The molecule has 0 aliphatic carbocycles. The summed E-state index contributed by atoms with van der Waals surface area (Å²) >= 11 is 0. The molecule has 2 atom stereocenters. The highest BCUT2D eigenvalue weighted by Gasteiger charge is 2.16. The van der Waals surface area contributed by atoms with Gasteiger partial charge in [0.1, 0.15) is 17.3 Å². The molecular formula is C29H42N2O2. The third kappa shape index (κ3) is 7.25. The zero-order valence-electron chi connectivity index (χ0n) is 21.0. The van der Waals surface area contributed by atoms with Crippen molar-refractivity contribution in [3.63, 3.8) is 0 Å². The van der Waals surface area contributed by atoms with E-state index in [1.54, 1.807) is 0 Å². The lowest BCUT2D eigenvalue weighted by atomic mass is 10.0. The number of fused-ring (bicyclic) bond motifs is 1. The standard InChI is InChI=1S/C29H42N2O2/c1-5-9-13-22(7-3)20-32-24-17-18-28(33-21-23(8-4)14-10-6-2)25(19-24)29-30-26-15-11-12-16-27(26)31-29/h11-12,15-19,22-23H,5-10,13-14,20-21H2,1-4H3,(H,30,31). The lowest BCUT2D eigenvalue weighted by Crippen LogP contribution is -2.13. The minimum Gasteiger partial charge on any atom is -0.493 e. The summed E-state index contributed by atoms with van der Waals surface area (Å²) in [6.45, 7) is 10.5. The zero-order valence-corrected chi connectivity index (χ0v) is 21.0. The molecule has 180 valence electrons. The van der Waals surface area contributed by atoms with Crippen LogP contribution in [-0.2, 0) is 0 Å². The fraction of sp³-hybridized carbons (Fsp3) is 0.552. The third-order valence-corrected chi connectivity index (χ3v) is 6.64. The van der Waals surface area contributed by atoms with Crippen molar-refractivity contribution in [1.82, 2.24) is 9.97 Å². The average molecular weight is 451 g/mol. The molecule has 2 unspecified atom stereocenters. The molecule has 33 heavy (non-hydrogen) atoms. The predicted octanol–water partition coefficient (Wildman–Crippen LogP) is 8.42. The fourth-order valence-electron chi connectivity index (χ4n) is 4.21. The number of aromatic amines is 1. The van der Waals surface area contributed by atoms with Crippen LogP contribution >= 0.6 is 0 Å². The summed E-state index contributed by atoms with van der Waals surface area (Å²) in [6, 6.07) is 14.3. The summed E-state index contributed by atoms with van der Waals surface area (Å²) in [4.78, 5) is 8.32. The number of hydrogen-bond acceptors (Lipinski definition) is 3. The second-order valence-corrected chi connectivity index (χ2v) is 9.22. The highest BCUT2D eigenvalue weighted by molar-refractivity contribution is 5.81. The van der Waals surface area contributed by atoms with Crippen LogP contribution in [0.4, 0.5) is 0 Å². The lowest BCUT2D eigenvalue weighted by Gasteiger charge is -2.19. The third-order valence-electron chi connectivity index (χ3n) is 6.64. The van der Waals surface area contributed by atoms with Gasteiger partial charge in [-0.3, -0.25) is 0 Å². The fourth-order valence-corrected chi connectivity index (χ4v) is 4.21. The highest BCUT2D eigenvalue weighted by atomic mass is 16.5. The van der Waals surface area contributed by atoms with Crippen molar-refractivity contribution in [3.8, 4) is 22.9 Å². The normalized spacial score (nSPS) is 13.2. The van der Waals surface area contributed by atoms with E-state index in [-0.39, 0.29) is 0 Å². The number of ether oxygens (including phenoxy) is 2. The lowest BCUT2D eigenvalue weighted by molar-refractivity contribution is 0.228. The van der Waals surface area contributed by atoms with E-state index in [0.29, 0.717) is 11.8 Å². The summed E-state index contributed by atoms with van der Waals surface area (Å²) in [6.07, 6.45) is 9.69. The van der Waals surface area contributed by atoms with E-state index in [2.05, 4.69) is 50.9 Å². The first-order chi connectivity index (χ1) is 16.2. The maximum atomic E-state index is 6.38. The van der Waals surface area contributed by atoms with E-state index in [0.717, 1.165) is 60.0 Å². The smallest absolute Gasteiger partial charge is 0.142 e. The minimum atomic E-state index is 0.577. The van der Waals surface area contributed by atoms with Crippen LogP contribution in [-0.4, -0.2) is 23.2 Å². The molecule has 0 amide bonds. The number of imidazole rings is 1. The Kier molecular flexibility index (Phi) is 10.1. The first kappa shape index (κ1) is 25.1. The van der Waals surface area contributed by atoms with E-state index in [1.165, 1.54) is 38.5 Å². The first-order valence-electron chi connectivity index (χ1n) is 13.0. The highest BCUT2D eigenvalue weighted by Crippen LogP contribution is 2.34. The van der Waals surface area contributed by atoms with Gasteiger partial charge in [0.15, 0.2) is 0 Å². The molecule has 2 aromatic carbocycles. The Labute approximate surface area is 200 Å². The number of nitrogens with one attached hydrogen (secondary N) is 1. The number of aromatic nitrogens is 2. The molecule has 4 nitrogen and oxygen atoms in total. The van der Waals surface area contributed by atoms with Crippen molar-refractivity contribution < 1.29 is 9.47 Å². The molecule has 0 aliphatic heterocycles. The van der Waals surface area contributed by atoms with Crippen molar-refractivity contribution in [2.24, 2.45) is 11.8 Å². The molecule has 0 aliphatic rings. The van der Waals surface area contributed by atoms with Crippen LogP contribution in [0.1, 0.15) is 79.1 Å². The molecule has 3 aromatic rings. The van der Waals surface area contributed by atoms with Crippen molar-refractivity contribution in [1.29, 1.82) is 0 Å². The number of rotatable bonds is 15. The van der Waals surface area contributed by atoms with Gasteiger partial charge in [-0.25, -0.2) is 4.98 Å². The van der Waals surface area contributed by atoms with E-state index in [1.807, 2.05) is 24.3 Å². The van der Waals surface area contributed by atoms with E-state index in [9.17, 15) is 0 Å². The predicted molar refractivity (Wildman–Crippen MR) is 139 cm³/mol. The summed E-state index contributed by atoms with van der Waals surface area (Å²) < 4.78 is 12.6. The van der Waals surface area contributed by atoms with Crippen LogP contribution in [0.2, 0.25) is 0 Å². The quantitative estimate of drug-likeness (QED) is 0.253. The van der Waals surface area contributed by atoms with Crippen LogP contribution in [0, 0.1) is 11.8 Å². The number of nitrogens with zero attached hydrogens (tertiary/aromatic N) is 1. The maximum Gasteiger partial charge on any atom is 0.142 e. The van der Waals surface area contributed by atoms with Gasteiger partial charge in [-0.1, -0.05) is 78.4 Å². The van der Waals surface area contributed by atoms with Crippen molar-refractivity contribution in [2.75, 3.05) is 13.2 Å². The number of H-pyrrole nitrogens is 1. The summed E-state index contributed by atoms with van der Waals surface area (Å²) in [5, 5.41) is 0. The van der Waals surface area contributed by atoms with Gasteiger partial charge in [0.2, 0.25) is 0 Å². The van der Waals surface area contributed by atoms with Crippen molar-refractivity contribution in [2.45, 2.75) is 79.1 Å². The monoisotopic (exact) mass is 450 g/mol. The van der Waals surface area contributed by atoms with E-state index in [4.69, 9.17) is 14.5 Å². The Balaban J connectivity index is 1.82. The Morgan fingerprint density at radius 2 is 1.48 bits per heavy atom. The average Bonchev–Trinajstić information content (AvgIpc) is 3.29. The second-order valence-electron chi connectivity index (χ2n) is 9.22. The Bertz CT molecular complexity index is 932. The van der Waals surface area contributed by atoms with Gasteiger partial charge < -0.3 is 14.5 Å². The van der Waals surface area contributed by atoms with Crippen LogP contribution in [0.3, 0.4) is 0 Å². The molecular weight excluding hydrogens is 408 g/mol. The minimum absolute atomic E-state index is 0.577. The largest absolute Gasteiger partial charge is 0.493 e. The SMILES string of the molecule is CCCCC(CC)COc1ccc(OCC(CC)CCCC)c(-c2nc3ccccc3[nH]2)c1. The Morgan fingerprint density at radius 1 is 0.818 bits per heavy atom. The number of para-hydroxylation sites is 2. The van der Waals surface area contributed by atoms with Gasteiger partial charge in [-0.05, 0) is 55.0 Å². The molecule has 1 aromatic heterocycles. The van der Waals surface area contributed by atoms with E-state index < -0.39 is 0 Å². The second kappa shape index (κ2) is 13.3. The molecule has 0 saturated heterocycles. The molecule has 0 radical (unpaired) electrons. The summed E-state index contributed by atoms with van der Waals surface area (Å²) in [5.74, 6) is 3.75. The van der Waals surface area contributed by atoms with E-state index >= 15 is 0 Å². The molecule has 1 N–H and O–H groups in total. The van der Waals surface area contributed by atoms with Gasteiger partial charge in [0, 0.05) is 0 Å². The topological polar surface area (TPSA) is 47.1 Å². The number of benzene rings is 2. The zero-order chi connectivity index (χ0) is 23.5. The van der Waals surface area contributed by atoms with Gasteiger partial charge in [0.25, 0.3) is 0 Å². The van der Waals surface area contributed by atoms with Crippen LogP contribution in [0.25, 0.3) is 22.4 Å². The maximum absolute atomic E-state index is 6.38. The van der Waals surface area contributed by atoms with Crippen molar-refractivity contribution in [3.05, 3.63) is 42.5 Å². The molecule has 0 bridgehead atoms. The molecule has 1 heterocycles. The Morgan fingerprint density at radius 3 is 2.12 bits per heavy atom. The molecule has 4 heteroatoms. The van der Waals surface area contributed by atoms with Gasteiger partial charge in [0.05, 0.1) is 29.8 Å². The van der Waals surface area contributed by atoms with Crippen molar-refractivity contribution >= 4 is 11.0 Å².